The maximum Gasteiger partial charge on any atom is 0.331 e. The van der Waals surface area contributed by atoms with Gasteiger partial charge in [-0.25, -0.2) is 9.78 Å². The highest BCUT2D eigenvalue weighted by atomic mass is 32.1. The molecule has 6 rings (SSSR count). The summed E-state index contributed by atoms with van der Waals surface area (Å²) in [6.45, 7) is 6.49. The number of carbonyl (C=O) groups is 3. The van der Waals surface area contributed by atoms with E-state index in [-0.39, 0.29) is 29.8 Å². The molecule has 196 valence electrons. The third kappa shape index (κ3) is 4.48. The molecule has 4 heterocycles. The van der Waals surface area contributed by atoms with Gasteiger partial charge in [-0.05, 0) is 54.5 Å². The van der Waals surface area contributed by atoms with Crippen molar-refractivity contribution in [1.82, 2.24) is 15.2 Å². The Morgan fingerprint density at radius 1 is 1.10 bits per heavy atom. The zero-order valence-electron chi connectivity index (χ0n) is 21.1. The SMILES string of the molecule is C=CC(=O)N1CC(NC(=O)c2sc3nccc4c3c2NC(=O)N4c2ccc(Oc3ccccc3)cc2)[C@@H](C)C1. The van der Waals surface area contributed by atoms with Gasteiger partial charge in [0.1, 0.15) is 21.2 Å². The van der Waals surface area contributed by atoms with Crippen molar-refractivity contribution in [3.8, 4) is 11.5 Å². The molecule has 0 saturated carbocycles. The van der Waals surface area contributed by atoms with Crippen molar-refractivity contribution < 1.29 is 19.1 Å². The second kappa shape index (κ2) is 9.88. The fraction of sp³-hybridized carbons (Fsp3) is 0.172. The van der Waals surface area contributed by atoms with Gasteiger partial charge >= 0.3 is 6.03 Å². The van der Waals surface area contributed by atoms with Crippen molar-refractivity contribution in [3.05, 3.63) is 84.4 Å². The minimum absolute atomic E-state index is 0.0798. The number of benzene rings is 2. The van der Waals surface area contributed by atoms with Crippen LogP contribution >= 0.6 is 11.3 Å². The van der Waals surface area contributed by atoms with Gasteiger partial charge in [0.25, 0.3) is 5.91 Å². The maximum atomic E-state index is 13.4. The topological polar surface area (TPSA) is 104 Å². The van der Waals surface area contributed by atoms with E-state index in [0.29, 0.717) is 51.0 Å². The number of amides is 4. The van der Waals surface area contributed by atoms with Crippen LogP contribution in [0.15, 0.2) is 79.5 Å². The number of nitrogens with one attached hydrogen (secondary N) is 2. The number of hydrogen-bond donors (Lipinski definition) is 2. The first-order valence-corrected chi connectivity index (χ1v) is 13.3. The molecule has 0 radical (unpaired) electrons. The number of carbonyl (C=O) groups excluding carboxylic acids is 3. The molecular formula is C29H25N5O4S. The molecule has 0 aliphatic carbocycles. The van der Waals surface area contributed by atoms with E-state index < -0.39 is 0 Å². The van der Waals surface area contributed by atoms with E-state index in [9.17, 15) is 14.4 Å². The summed E-state index contributed by atoms with van der Waals surface area (Å²) in [7, 11) is 0. The van der Waals surface area contributed by atoms with Gasteiger partial charge in [-0.15, -0.1) is 11.3 Å². The first-order chi connectivity index (χ1) is 18.9. The second-order valence-electron chi connectivity index (χ2n) is 9.50. The molecule has 1 unspecified atom stereocenters. The molecule has 2 N–H and O–H groups in total. The van der Waals surface area contributed by atoms with Crippen LogP contribution in [0.3, 0.4) is 0 Å². The Morgan fingerprint density at radius 3 is 2.59 bits per heavy atom. The van der Waals surface area contributed by atoms with Gasteiger partial charge in [-0.2, -0.15) is 0 Å². The van der Waals surface area contributed by atoms with Gasteiger partial charge in [0.15, 0.2) is 0 Å². The van der Waals surface area contributed by atoms with Gasteiger partial charge in [0.2, 0.25) is 5.91 Å². The van der Waals surface area contributed by atoms with Gasteiger partial charge < -0.3 is 20.3 Å². The van der Waals surface area contributed by atoms with Crippen LogP contribution in [0, 0.1) is 5.92 Å². The summed E-state index contributed by atoms with van der Waals surface area (Å²) in [5.41, 5.74) is 1.74. The van der Waals surface area contributed by atoms with Crippen LogP contribution in [0.2, 0.25) is 0 Å². The van der Waals surface area contributed by atoms with Crippen LogP contribution in [-0.2, 0) is 4.79 Å². The Bertz CT molecular complexity index is 1600. The molecule has 2 aromatic carbocycles. The van der Waals surface area contributed by atoms with E-state index in [1.165, 1.54) is 17.4 Å². The molecular weight excluding hydrogens is 514 g/mol. The van der Waals surface area contributed by atoms with Crippen LogP contribution in [-0.4, -0.2) is 46.9 Å². The lowest BCUT2D eigenvalue weighted by Crippen LogP contribution is -2.40. The molecule has 4 aromatic rings. The summed E-state index contributed by atoms with van der Waals surface area (Å²) in [6, 6.07) is 17.9. The first-order valence-electron chi connectivity index (χ1n) is 12.5. The lowest BCUT2D eigenvalue weighted by atomic mass is 10.1. The molecule has 2 aromatic heterocycles. The van der Waals surface area contributed by atoms with Gasteiger partial charge in [0.05, 0.1) is 28.5 Å². The molecule has 0 bridgehead atoms. The zero-order valence-corrected chi connectivity index (χ0v) is 21.9. The predicted molar refractivity (Wildman–Crippen MR) is 151 cm³/mol. The first kappa shape index (κ1) is 24.6. The highest BCUT2D eigenvalue weighted by molar-refractivity contribution is 7.21. The highest BCUT2D eigenvalue weighted by Gasteiger charge is 2.36. The van der Waals surface area contributed by atoms with Gasteiger partial charge in [0, 0.05) is 19.3 Å². The number of hydrogen-bond acceptors (Lipinski definition) is 6. The highest BCUT2D eigenvalue weighted by Crippen LogP contribution is 2.46. The fourth-order valence-electron chi connectivity index (χ4n) is 4.99. The van der Waals surface area contributed by atoms with E-state index in [1.54, 1.807) is 34.2 Å². The van der Waals surface area contributed by atoms with Gasteiger partial charge in [-0.1, -0.05) is 31.7 Å². The molecule has 4 amide bonds. The Morgan fingerprint density at radius 2 is 1.85 bits per heavy atom. The molecule has 1 fully saturated rings. The predicted octanol–water partition coefficient (Wildman–Crippen LogP) is 5.53. The van der Waals surface area contributed by atoms with Crippen LogP contribution < -0.4 is 20.3 Å². The Balaban J connectivity index is 1.27. The quantitative estimate of drug-likeness (QED) is 0.314. The molecule has 2 aliphatic rings. The second-order valence-corrected chi connectivity index (χ2v) is 10.5. The lowest BCUT2D eigenvalue weighted by molar-refractivity contribution is -0.125. The van der Waals surface area contributed by atoms with Crippen LogP contribution in [0.25, 0.3) is 10.2 Å². The van der Waals surface area contributed by atoms with E-state index in [1.807, 2.05) is 49.4 Å². The molecule has 10 heteroatoms. The summed E-state index contributed by atoms with van der Waals surface area (Å²) in [5.74, 6) is 0.983. The summed E-state index contributed by atoms with van der Waals surface area (Å²) in [5, 5.41) is 6.68. The third-order valence-electron chi connectivity index (χ3n) is 6.94. The van der Waals surface area contributed by atoms with Crippen molar-refractivity contribution in [3.63, 3.8) is 0 Å². The van der Waals surface area contributed by atoms with Crippen molar-refractivity contribution in [2.75, 3.05) is 23.3 Å². The molecule has 2 atom stereocenters. The molecule has 2 aliphatic heterocycles. The van der Waals surface area contributed by atoms with Crippen LogP contribution in [0.5, 0.6) is 11.5 Å². The average Bonchev–Trinajstić information content (AvgIpc) is 3.50. The Labute approximate surface area is 228 Å². The molecule has 1 saturated heterocycles. The summed E-state index contributed by atoms with van der Waals surface area (Å²) >= 11 is 1.23. The van der Waals surface area contributed by atoms with Crippen molar-refractivity contribution >= 4 is 56.5 Å². The minimum atomic E-state index is -0.379. The number of likely N-dealkylation sites (tertiary alicyclic amines) is 1. The van der Waals surface area contributed by atoms with E-state index in [4.69, 9.17) is 4.74 Å². The molecule has 39 heavy (non-hydrogen) atoms. The number of rotatable bonds is 6. The smallest absolute Gasteiger partial charge is 0.331 e. The third-order valence-corrected chi connectivity index (χ3v) is 8.04. The normalized spacial score (nSPS) is 18.1. The summed E-state index contributed by atoms with van der Waals surface area (Å²) in [4.78, 5) is 47.5. The number of nitrogens with zero attached hydrogens (tertiary/aromatic N) is 3. The molecule has 0 spiro atoms. The zero-order chi connectivity index (χ0) is 27.1. The molecule has 9 nitrogen and oxygen atoms in total. The largest absolute Gasteiger partial charge is 0.457 e. The summed E-state index contributed by atoms with van der Waals surface area (Å²) < 4.78 is 5.88. The summed E-state index contributed by atoms with van der Waals surface area (Å²) in [6.07, 6.45) is 2.92. The van der Waals surface area contributed by atoms with Crippen LogP contribution in [0.1, 0.15) is 16.6 Å². The van der Waals surface area contributed by atoms with Gasteiger partial charge in [-0.3, -0.25) is 14.5 Å². The van der Waals surface area contributed by atoms with Crippen molar-refractivity contribution in [2.24, 2.45) is 5.92 Å². The number of para-hydroxylation sites is 1. The fourth-order valence-corrected chi connectivity index (χ4v) is 6.01. The number of ether oxygens (including phenoxy) is 1. The monoisotopic (exact) mass is 539 g/mol. The lowest BCUT2D eigenvalue weighted by Gasteiger charge is -2.28. The van der Waals surface area contributed by atoms with Crippen molar-refractivity contribution in [2.45, 2.75) is 13.0 Å². The number of pyridine rings is 1. The minimum Gasteiger partial charge on any atom is -0.457 e. The van der Waals surface area contributed by atoms with E-state index in [2.05, 4.69) is 22.2 Å². The number of aromatic nitrogens is 1. The van der Waals surface area contributed by atoms with Crippen LogP contribution in [0.4, 0.5) is 21.9 Å². The average molecular weight is 540 g/mol. The standard InChI is InChI=1S/C29H25N5O4S/c1-3-23(35)33-15-17(2)21(16-33)31-27(36)26-25-24-22(13-14-30-28(24)39-26)34(29(37)32-25)18-9-11-20(12-10-18)38-19-7-5-4-6-8-19/h3-14,17,21H,1,15-16H2,2H3,(H,31,36)(H,32,37)/t17-,21?/m0/s1. The number of anilines is 3. The van der Waals surface area contributed by atoms with E-state index >= 15 is 0 Å². The Kier molecular flexibility index (Phi) is 6.24. The maximum absolute atomic E-state index is 13.4. The van der Waals surface area contributed by atoms with Crippen molar-refractivity contribution in [1.29, 1.82) is 0 Å². The number of urea groups is 1. The Hall–Kier alpha value is -4.70. The van der Waals surface area contributed by atoms with E-state index in [0.717, 1.165) is 5.75 Å². The number of thiophene rings is 1.